The van der Waals surface area contributed by atoms with Gasteiger partial charge in [0.05, 0.1) is 33.2 Å². The highest BCUT2D eigenvalue weighted by Gasteiger charge is 2.45. The van der Waals surface area contributed by atoms with Gasteiger partial charge in [-0.3, -0.25) is 0 Å². The van der Waals surface area contributed by atoms with Gasteiger partial charge in [0.15, 0.2) is 17.5 Å². The number of para-hydroxylation sites is 1. The van der Waals surface area contributed by atoms with Crippen LogP contribution < -0.4 is 0 Å². The second kappa shape index (κ2) is 17.1. The molecule has 5 heteroatoms. The number of nitrogens with zero attached hydrogens (tertiary/aromatic N) is 5. The largest absolute Gasteiger partial charge is 0.309 e. The maximum atomic E-state index is 5.38. The molecule has 0 radical (unpaired) electrons. The summed E-state index contributed by atoms with van der Waals surface area (Å²) in [7, 11) is 0. The summed E-state index contributed by atoms with van der Waals surface area (Å²) in [6, 6.07) is 98.6. The molecular formula is C70H45N5. The predicted molar refractivity (Wildman–Crippen MR) is 308 cm³/mol. The molecule has 0 fully saturated rings. The molecule has 4 heterocycles. The number of benzene rings is 11. The lowest BCUT2D eigenvalue weighted by atomic mass is 9.63. The Morgan fingerprint density at radius 2 is 0.667 bits per heavy atom. The van der Waals surface area contributed by atoms with E-state index in [1.54, 1.807) is 0 Å². The summed E-state index contributed by atoms with van der Waals surface area (Å²) < 4.78 is 4.97. The highest BCUT2D eigenvalue weighted by Crippen LogP contribution is 2.55. The minimum atomic E-state index is -0.724. The molecule has 0 spiro atoms. The van der Waals surface area contributed by atoms with Crippen molar-refractivity contribution >= 4 is 43.6 Å². The summed E-state index contributed by atoms with van der Waals surface area (Å²) >= 11 is 0. The molecule has 0 saturated heterocycles. The van der Waals surface area contributed by atoms with Gasteiger partial charge in [-0.15, -0.1) is 0 Å². The average Bonchev–Trinajstić information content (AvgIpc) is 4.18. The van der Waals surface area contributed by atoms with Crippen LogP contribution in [0.25, 0.3) is 111 Å². The van der Waals surface area contributed by atoms with Crippen molar-refractivity contribution in [2.24, 2.45) is 0 Å². The lowest BCUT2D eigenvalue weighted by Gasteiger charge is -2.42. The molecule has 1 aliphatic heterocycles. The van der Waals surface area contributed by atoms with Crippen molar-refractivity contribution in [1.29, 1.82) is 0 Å². The number of aromatic nitrogens is 5. The van der Waals surface area contributed by atoms with E-state index in [4.69, 9.17) is 15.0 Å². The van der Waals surface area contributed by atoms with E-state index in [9.17, 15) is 0 Å². The Balaban J connectivity index is 1.06. The van der Waals surface area contributed by atoms with Gasteiger partial charge in [0.1, 0.15) is 0 Å². The molecule has 0 atom stereocenters. The van der Waals surface area contributed by atoms with Gasteiger partial charge >= 0.3 is 0 Å². The topological polar surface area (TPSA) is 48.5 Å². The van der Waals surface area contributed by atoms with Crippen LogP contribution in [0.5, 0.6) is 0 Å². The van der Waals surface area contributed by atoms with Gasteiger partial charge in [-0.25, -0.2) is 15.0 Å². The van der Waals surface area contributed by atoms with E-state index in [1.165, 1.54) is 49.7 Å². The first kappa shape index (κ1) is 42.7. The molecule has 11 aromatic carbocycles. The lowest BCUT2D eigenvalue weighted by molar-refractivity contribution is 0.728. The Kier molecular flexibility index (Phi) is 9.72. The fourth-order valence-corrected chi connectivity index (χ4v) is 12.1. The highest BCUT2D eigenvalue weighted by atomic mass is 15.0. The van der Waals surface area contributed by atoms with Crippen LogP contribution in [0.15, 0.2) is 273 Å². The molecule has 0 unspecified atom stereocenters. The molecule has 1 aliphatic rings. The fourth-order valence-electron chi connectivity index (χ4n) is 12.1. The fraction of sp³-hybridized carbons (Fsp3) is 0.0143. The standard InChI is InChI=1S/C70H45N5/c1-7-21-46(22-8-1)50-35-38-62-56(41-50)57-42-51(47-23-9-2-10-24-47)36-39-63(57)74(62)55-37-40-64-58(45-55)59-43-52(69-72-67(48-25-11-3-12-26-48)71-68(73-69)49-27-13-4-14-28-49)44-61-66(59)75(64)65-34-20-19-33-60(65)70(61,53-29-15-5-16-30-53)54-31-17-6-18-32-54/h1-45H. The van der Waals surface area contributed by atoms with E-state index in [0.717, 1.165) is 66.5 Å². The van der Waals surface area contributed by atoms with Gasteiger partial charge in [-0.1, -0.05) is 212 Å². The first-order valence-electron chi connectivity index (χ1n) is 25.6. The lowest BCUT2D eigenvalue weighted by Crippen LogP contribution is -2.35. The molecule has 350 valence electrons. The molecule has 14 aromatic rings. The van der Waals surface area contributed by atoms with E-state index in [0.29, 0.717) is 17.5 Å². The zero-order valence-electron chi connectivity index (χ0n) is 40.7. The van der Waals surface area contributed by atoms with E-state index in [1.807, 2.05) is 36.4 Å². The molecule has 5 nitrogen and oxygen atoms in total. The van der Waals surface area contributed by atoms with Crippen LogP contribution in [0.3, 0.4) is 0 Å². The van der Waals surface area contributed by atoms with Crippen molar-refractivity contribution in [2.45, 2.75) is 5.41 Å². The average molecular weight is 956 g/mol. The maximum Gasteiger partial charge on any atom is 0.164 e. The SMILES string of the molecule is c1ccc(-c2ccc3c(c2)c2cc(-c4ccccc4)ccc2n3-c2ccc3c(c2)c2cc(-c4nc(-c5ccccc5)nc(-c5ccccc5)n4)cc4c2n3-c2ccccc2C4(c2ccccc2)c2ccccc2)cc1. The Morgan fingerprint density at radius 1 is 0.267 bits per heavy atom. The number of rotatable bonds is 8. The zero-order chi connectivity index (χ0) is 49.5. The number of fused-ring (bicyclic) bond motifs is 8. The highest BCUT2D eigenvalue weighted by molar-refractivity contribution is 6.15. The predicted octanol–water partition coefficient (Wildman–Crippen LogP) is 17.1. The van der Waals surface area contributed by atoms with Gasteiger partial charge in [-0.2, -0.15) is 0 Å². The molecule has 0 N–H and O–H groups in total. The van der Waals surface area contributed by atoms with Crippen LogP contribution in [-0.2, 0) is 5.41 Å². The van der Waals surface area contributed by atoms with Crippen molar-refractivity contribution in [3.05, 3.63) is 295 Å². The molecule has 15 rings (SSSR count). The van der Waals surface area contributed by atoms with Gasteiger partial charge in [-0.05, 0) is 105 Å². The van der Waals surface area contributed by atoms with Crippen molar-refractivity contribution < 1.29 is 0 Å². The maximum absolute atomic E-state index is 5.38. The molecule has 0 aliphatic carbocycles. The van der Waals surface area contributed by atoms with Crippen LogP contribution in [0.1, 0.15) is 22.3 Å². The summed E-state index contributed by atoms with van der Waals surface area (Å²) in [5.74, 6) is 1.85. The Hall–Kier alpha value is -9.97. The van der Waals surface area contributed by atoms with E-state index >= 15 is 0 Å². The molecule has 0 amide bonds. The first-order chi connectivity index (χ1) is 37.2. The van der Waals surface area contributed by atoms with Crippen molar-refractivity contribution in [2.75, 3.05) is 0 Å². The van der Waals surface area contributed by atoms with Crippen molar-refractivity contribution in [1.82, 2.24) is 24.1 Å². The Labute approximate surface area is 434 Å². The van der Waals surface area contributed by atoms with Gasteiger partial charge < -0.3 is 9.13 Å². The van der Waals surface area contributed by atoms with Crippen molar-refractivity contribution in [3.8, 4) is 67.8 Å². The number of hydrogen-bond donors (Lipinski definition) is 0. The molecule has 75 heavy (non-hydrogen) atoms. The molecule has 0 saturated carbocycles. The van der Waals surface area contributed by atoms with Crippen LogP contribution in [0, 0.1) is 0 Å². The first-order valence-corrected chi connectivity index (χ1v) is 25.6. The minimum Gasteiger partial charge on any atom is -0.309 e. The summed E-state index contributed by atoms with van der Waals surface area (Å²) in [4.78, 5) is 15.9. The second-order valence-corrected chi connectivity index (χ2v) is 19.5. The van der Waals surface area contributed by atoms with Crippen molar-refractivity contribution in [3.63, 3.8) is 0 Å². The molecular weight excluding hydrogens is 911 g/mol. The van der Waals surface area contributed by atoms with E-state index < -0.39 is 5.41 Å². The normalized spacial score (nSPS) is 12.6. The van der Waals surface area contributed by atoms with Gasteiger partial charge in [0.25, 0.3) is 0 Å². The Morgan fingerprint density at radius 3 is 1.19 bits per heavy atom. The van der Waals surface area contributed by atoms with Crippen LogP contribution in [-0.4, -0.2) is 24.1 Å². The quantitative estimate of drug-likeness (QED) is 0.152. The third-order valence-electron chi connectivity index (χ3n) is 15.4. The van der Waals surface area contributed by atoms with Crippen LogP contribution in [0.4, 0.5) is 0 Å². The number of hydrogen-bond acceptors (Lipinski definition) is 3. The molecule has 0 bridgehead atoms. The summed E-state index contributed by atoms with van der Waals surface area (Å²) in [5.41, 5.74) is 18.3. The summed E-state index contributed by atoms with van der Waals surface area (Å²) in [5, 5.41) is 4.66. The third kappa shape index (κ3) is 6.68. The van der Waals surface area contributed by atoms with E-state index in [-0.39, 0.29) is 0 Å². The smallest absolute Gasteiger partial charge is 0.164 e. The third-order valence-corrected chi connectivity index (χ3v) is 15.4. The Bertz CT molecular complexity index is 4300. The summed E-state index contributed by atoms with van der Waals surface area (Å²) in [6.07, 6.45) is 0. The van der Waals surface area contributed by atoms with Crippen LogP contribution >= 0.6 is 0 Å². The van der Waals surface area contributed by atoms with Gasteiger partial charge in [0.2, 0.25) is 0 Å². The summed E-state index contributed by atoms with van der Waals surface area (Å²) in [6.45, 7) is 0. The zero-order valence-corrected chi connectivity index (χ0v) is 40.7. The molecule has 3 aromatic heterocycles. The van der Waals surface area contributed by atoms with Crippen LogP contribution in [0.2, 0.25) is 0 Å². The second-order valence-electron chi connectivity index (χ2n) is 19.5. The minimum absolute atomic E-state index is 0.609. The monoisotopic (exact) mass is 955 g/mol. The van der Waals surface area contributed by atoms with Gasteiger partial charge in [0, 0.05) is 43.9 Å². The van der Waals surface area contributed by atoms with E-state index in [2.05, 4.69) is 246 Å².